The molecule has 3 rings (SSSR count). The van der Waals surface area contributed by atoms with Crippen LogP contribution in [0.2, 0.25) is 0 Å². The van der Waals surface area contributed by atoms with E-state index in [1.165, 1.54) is 7.11 Å². The largest absolute Gasteiger partial charge is 0.493 e. The molecule has 1 aromatic heterocycles. The second-order valence-corrected chi connectivity index (χ2v) is 6.19. The van der Waals surface area contributed by atoms with Crippen molar-refractivity contribution >= 4 is 5.91 Å². The molecule has 2 aromatic carbocycles. The summed E-state index contributed by atoms with van der Waals surface area (Å²) in [5.41, 5.74) is 1.63. The average molecular weight is 413 g/mol. The van der Waals surface area contributed by atoms with Gasteiger partial charge in [0, 0.05) is 12.1 Å². The molecule has 30 heavy (non-hydrogen) atoms. The predicted octanol–water partition coefficient (Wildman–Crippen LogP) is 2.74. The van der Waals surface area contributed by atoms with Gasteiger partial charge < -0.3 is 28.8 Å². The van der Waals surface area contributed by atoms with Crippen molar-refractivity contribution in [3.8, 4) is 34.4 Å². The Morgan fingerprint density at radius 3 is 2.20 bits per heavy atom. The zero-order chi connectivity index (χ0) is 21.5. The van der Waals surface area contributed by atoms with Crippen LogP contribution >= 0.6 is 0 Å². The minimum absolute atomic E-state index is 0.118. The molecule has 1 N–H and O–H groups in total. The van der Waals surface area contributed by atoms with E-state index in [9.17, 15) is 4.79 Å². The van der Waals surface area contributed by atoms with Crippen LogP contribution in [-0.2, 0) is 6.42 Å². The highest BCUT2D eigenvalue weighted by atomic mass is 16.5. The maximum atomic E-state index is 12.3. The average Bonchev–Trinajstić information content (AvgIpc) is 3.28. The standard InChI is InChI=1S/C21H23N3O6/c1-26-15-7-5-13(11-17(15)28-3)9-10-22-20(25)21-23-19(24-30-21)14-6-8-16(27-2)18(12-14)29-4/h5-8,11-12H,9-10H2,1-4H3,(H,22,25). The highest BCUT2D eigenvalue weighted by Crippen LogP contribution is 2.31. The smallest absolute Gasteiger partial charge is 0.316 e. The molecular weight excluding hydrogens is 390 g/mol. The van der Waals surface area contributed by atoms with Crippen LogP contribution in [0.3, 0.4) is 0 Å². The van der Waals surface area contributed by atoms with Crippen molar-refractivity contribution < 1.29 is 28.3 Å². The number of ether oxygens (including phenoxy) is 4. The normalized spacial score (nSPS) is 10.4. The minimum atomic E-state index is -0.449. The summed E-state index contributed by atoms with van der Waals surface area (Å²) in [6.45, 7) is 0.391. The van der Waals surface area contributed by atoms with Gasteiger partial charge in [-0.1, -0.05) is 11.2 Å². The fourth-order valence-electron chi connectivity index (χ4n) is 2.84. The minimum Gasteiger partial charge on any atom is -0.493 e. The van der Waals surface area contributed by atoms with Crippen LogP contribution in [0.15, 0.2) is 40.9 Å². The molecule has 158 valence electrons. The SMILES string of the molecule is COc1ccc(CCNC(=O)c2nc(-c3ccc(OC)c(OC)c3)no2)cc1OC. The number of benzene rings is 2. The quantitative estimate of drug-likeness (QED) is 0.571. The Labute approximate surface area is 173 Å². The van der Waals surface area contributed by atoms with E-state index in [0.717, 1.165) is 5.56 Å². The highest BCUT2D eigenvalue weighted by Gasteiger charge is 2.17. The summed E-state index contributed by atoms with van der Waals surface area (Å²) < 4.78 is 26.1. The van der Waals surface area contributed by atoms with Crippen LogP contribution in [0.5, 0.6) is 23.0 Å². The summed E-state index contributed by atoms with van der Waals surface area (Å²) in [5.74, 6) is 2.11. The zero-order valence-corrected chi connectivity index (χ0v) is 17.2. The third-order valence-electron chi connectivity index (χ3n) is 4.41. The van der Waals surface area contributed by atoms with Gasteiger partial charge in [0.05, 0.1) is 28.4 Å². The van der Waals surface area contributed by atoms with E-state index < -0.39 is 5.91 Å². The maximum Gasteiger partial charge on any atom is 0.316 e. The van der Waals surface area contributed by atoms with Crippen molar-refractivity contribution in [2.45, 2.75) is 6.42 Å². The zero-order valence-electron chi connectivity index (χ0n) is 17.2. The van der Waals surface area contributed by atoms with Crippen LogP contribution < -0.4 is 24.3 Å². The van der Waals surface area contributed by atoms with Crippen molar-refractivity contribution in [1.82, 2.24) is 15.5 Å². The highest BCUT2D eigenvalue weighted by molar-refractivity contribution is 5.89. The van der Waals surface area contributed by atoms with Crippen molar-refractivity contribution in [3.05, 3.63) is 47.9 Å². The third-order valence-corrected chi connectivity index (χ3v) is 4.41. The van der Waals surface area contributed by atoms with E-state index in [0.29, 0.717) is 41.5 Å². The molecule has 0 unspecified atom stereocenters. The van der Waals surface area contributed by atoms with Gasteiger partial charge in [-0.05, 0) is 42.3 Å². The predicted molar refractivity (Wildman–Crippen MR) is 108 cm³/mol. The Bertz CT molecular complexity index is 1020. The molecule has 9 nitrogen and oxygen atoms in total. The Morgan fingerprint density at radius 1 is 0.900 bits per heavy atom. The monoisotopic (exact) mass is 413 g/mol. The number of nitrogens with zero attached hydrogens (tertiary/aromatic N) is 2. The fourth-order valence-corrected chi connectivity index (χ4v) is 2.84. The molecule has 1 amide bonds. The van der Waals surface area contributed by atoms with Gasteiger partial charge in [-0.25, -0.2) is 0 Å². The Hall–Kier alpha value is -3.75. The molecule has 0 saturated heterocycles. The summed E-state index contributed by atoms with van der Waals surface area (Å²) in [4.78, 5) is 16.5. The van der Waals surface area contributed by atoms with E-state index in [-0.39, 0.29) is 11.7 Å². The number of amides is 1. The van der Waals surface area contributed by atoms with Crippen LogP contribution in [-0.4, -0.2) is 51.0 Å². The lowest BCUT2D eigenvalue weighted by atomic mass is 10.1. The molecule has 0 saturated carbocycles. The van der Waals surface area contributed by atoms with Gasteiger partial charge in [0.25, 0.3) is 0 Å². The summed E-state index contributed by atoms with van der Waals surface area (Å²) in [5, 5.41) is 6.64. The second kappa shape index (κ2) is 9.64. The van der Waals surface area contributed by atoms with Crippen molar-refractivity contribution in [3.63, 3.8) is 0 Å². The second-order valence-electron chi connectivity index (χ2n) is 6.19. The molecule has 0 fully saturated rings. The topological polar surface area (TPSA) is 105 Å². The first-order chi connectivity index (χ1) is 14.6. The van der Waals surface area contributed by atoms with Gasteiger partial charge in [-0.2, -0.15) is 4.98 Å². The number of hydrogen-bond acceptors (Lipinski definition) is 8. The van der Waals surface area contributed by atoms with Crippen LogP contribution in [0.4, 0.5) is 0 Å². The molecule has 0 aliphatic carbocycles. The fraction of sp³-hybridized carbons (Fsp3) is 0.286. The molecule has 1 heterocycles. The Morgan fingerprint density at radius 2 is 1.53 bits per heavy atom. The van der Waals surface area contributed by atoms with Crippen LogP contribution in [0, 0.1) is 0 Å². The summed E-state index contributed by atoms with van der Waals surface area (Å²) in [7, 11) is 6.25. The van der Waals surface area contributed by atoms with E-state index in [1.54, 1.807) is 39.5 Å². The van der Waals surface area contributed by atoms with Gasteiger partial charge >= 0.3 is 11.8 Å². The first-order valence-corrected chi connectivity index (χ1v) is 9.14. The lowest BCUT2D eigenvalue weighted by Crippen LogP contribution is -2.26. The number of hydrogen-bond donors (Lipinski definition) is 1. The Balaban J connectivity index is 1.62. The molecule has 0 aliphatic rings. The van der Waals surface area contributed by atoms with Gasteiger partial charge in [0.2, 0.25) is 5.82 Å². The van der Waals surface area contributed by atoms with Crippen LogP contribution in [0.25, 0.3) is 11.4 Å². The van der Waals surface area contributed by atoms with E-state index in [4.69, 9.17) is 23.5 Å². The number of carbonyl (C=O) groups excluding carboxylic acids is 1. The molecule has 0 atom stereocenters. The van der Waals surface area contributed by atoms with Gasteiger partial charge in [0.1, 0.15) is 0 Å². The van der Waals surface area contributed by atoms with Gasteiger partial charge in [0.15, 0.2) is 23.0 Å². The number of aromatic nitrogens is 2. The van der Waals surface area contributed by atoms with E-state index in [1.807, 2.05) is 18.2 Å². The van der Waals surface area contributed by atoms with Crippen molar-refractivity contribution in [1.29, 1.82) is 0 Å². The molecule has 0 spiro atoms. The number of rotatable bonds is 9. The summed E-state index contributed by atoms with van der Waals surface area (Å²) in [6.07, 6.45) is 0.600. The molecule has 9 heteroatoms. The summed E-state index contributed by atoms with van der Waals surface area (Å²) in [6, 6.07) is 10.8. The number of nitrogens with one attached hydrogen (secondary N) is 1. The van der Waals surface area contributed by atoms with Crippen LogP contribution in [0.1, 0.15) is 16.2 Å². The first kappa shape index (κ1) is 21.0. The first-order valence-electron chi connectivity index (χ1n) is 9.14. The van der Waals surface area contributed by atoms with Gasteiger partial charge in [-0.3, -0.25) is 4.79 Å². The summed E-state index contributed by atoms with van der Waals surface area (Å²) >= 11 is 0. The number of methoxy groups -OCH3 is 4. The molecule has 0 bridgehead atoms. The van der Waals surface area contributed by atoms with Crippen molar-refractivity contribution in [2.24, 2.45) is 0 Å². The third kappa shape index (κ3) is 4.62. The maximum absolute atomic E-state index is 12.3. The lowest BCUT2D eigenvalue weighted by molar-refractivity contribution is 0.0910. The van der Waals surface area contributed by atoms with E-state index >= 15 is 0 Å². The molecule has 3 aromatic rings. The number of carbonyl (C=O) groups is 1. The Kier molecular flexibility index (Phi) is 6.74. The molecular formula is C21H23N3O6. The van der Waals surface area contributed by atoms with Crippen molar-refractivity contribution in [2.75, 3.05) is 35.0 Å². The molecule has 0 radical (unpaired) electrons. The lowest BCUT2D eigenvalue weighted by Gasteiger charge is -2.09. The van der Waals surface area contributed by atoms with E-state index in [2.05, 4.69) is 15.5 Å². The van der Waals surface area contributed by atoms with Gasteiger partial charge in [-0.15, -0.1) is 0 Å². The molecule has 0 aliphatic heterocycles.